The third kappa shape index (κ3) is 4.00. The van der Waals surface area contributed by atoms with Gasteiger partial charge in [0.25, 0.3) is 5.91 Å². The van der Waals surface area contributed by atoms with Crippen molar-refractivity contribution in [3.8, 4) is 0 Å². The van der Waals surface area contributed by atoms with Crippen LogP contribution in [0.5, 0.6) is 0 Å². The number of amides is 1. The Hall–Kier alpha value is -2.74. The van der Waals surface area contributed by atoms with Crippen LogP contribution in [0, 0.1) is 5.82 Å². The number of anilines is 3. The summed E-state index contributed by atoms with van der Waals surface area (Å²) in [7, 11) is 0. The van der Waals surface area contributed by atoms with E-state index in [9.17, 15) is 9.18 Å². The van der Waals surface area contributed by atoms with Gasteiger partial charge in [-0.05, 0) is 37.1 Å². The molecule has 2 aliphatic rings. The molecule has 1 amide bonds. The second kappa shape index (κ2) is 7.87. The highest BCUT2D eigenvalue weighted by atomic mass is 19.1. The minimum atomic E-state index is -0.669. The van der Waals surface area contributed by atoms with Crippen LogP contribution in [0.2, 0.25) is 0 Å². The van der Waals surface area contributed by atoms with Gasteiger partial charge in [0.1, 0.15) is 5.82 Å². The SMILES string of the molecule is O=C(Nc1cc(F)ccc1N1CCCC1)[C@@H]1CN(c2ncccn2)CCO1. The molecule has 2 aliphatic heterocycles. The first kappa shape index (κ1) is 17.7. The van der Waals surface area contributed by atoms with Crippen LogP contribution in [-0.4, -0.2) is 54.8 Å². The van der Waals surface area contributed by atoms with E-state index in [4.69, 9.17) is 4.74 Å². The standard InChI is InChI=1S/C19H22FN5O2/c20-14-4-5-16(24-8-1-2-9-24)15(12-14)23-18(26)17-13-25(10-11-27-17)19-21-6-3-7-22-19/h3-7,12,17H,1-2,8-11,13H2,(H,23,26)/t17-/m0/s1. The van der Waals surface area contributed by atoms with Gasteiger partial charge in [0.15, 0.2) is 6.10 Å². The van der Waals surface area contributed by atoms with Crippen molar-refractivity contribution in [1.29, 1.82) is 0 Å². The zero-order valence-electron chi connectivity index (χ0n) is 15.0. The summed E-state index contributed by atoms with van der Waals surface area (Å²) in [6.45, 7) is 3.19. The molecule has 142 valence electrons. The van der Waals surface area contributed by atoms with Crippen molar-refractivity contribution in [3.05, 3.63) is 42.5 Å². The van der Waals surface area contributed by atoms with E-state index in [-0.39, 0.29) is 11.7 Å². The number of nitrogens with one attached hydrogen (secondary N) is 1. The Morgan fingerprint density at radius 2 is 1.93 bits per heavy atom. The third-order valence-electron chi connectivity index (χ3n) is 4.86. The molecule has 7 nitrogen and oxygen atoms in total. The lowest BCUT2D eigenvalue weighted by molar-refractivity contribution is -0.128. The average Bonchev–Trinajstić information content (AvgIpc) is 3.23. The molecule has 0 saturated carbocycles. The van der Waals surface area contributed by atoms with Gasteiger partial charge < -0.3 is 19.9 Å². The molecule has 0 bridgehead atoms. The molecule has 1 atom stereocenters. The van der Waals surface area contributed by atoms with Gasteiger partial charge in [-0.2, -0.15) is 0 Å². The number of halogens is 1. The zero-order chi connectivity index (χ0) is 18.6. The minimum absolute atomic E-state index is 0.290. The average molecular weight is 371 g/mol. The fourth-order valence-electron chi connectivity index (χ4n) is 3.50. The molecule has 1 aromatic heterocycles. The van der Waals surface area contributed by atoms with Crippen molar-refractivity contribution in [2.45, 2.75) is 18.9 Å². The van der Waals surface area contributed by atoms with Crippen molar-refractivity contribution < 1.29 is 13.9 Å². The first-order chi connectivity index (χ1) is 13.2. The van der Waals surface area contributed by atoms with Crippen LogP contribution >= 0.6 is 0 Å². The molecule has 2 saturated heterocycles. The first-order valence-electron chi connectivity index (χ1n) is 9.19. The normalized spacial score (nSPS) is 20.0. The van der Waals surface area contributed by atoms with Crippen LogP contribution < -0.4 is 15.1 Å². The predicted octanol–water partition coefficient (Wildman–Crippen LogP) is 2.06. The Balaban J connectivity index is 1.48. The maximum absolute atomic E-state index is 13.8. The number of carbonyl (C=O) groups is 1. The largest absolute Gasteiger partial charge is 0.370 e. The number of nitrogens with zero attached hydrogens (tertiary/aromatic N) is 4. The van der Waals surface area contributed by atoms with Crippen molar-refractivity contribution in [1.82, 2.24) is 9.97 Å². The van der Waals surface area contributed by atoms with Crippen molar-refractivity contribution >= 4 is 23.2 Å². The van der Waals surface area contributed by atoms with Gasteiger partial charge in [-0.1, -0.05) is 0 Å². The predicted molar refractivity (Wildman–Crippen MR) is 100 cm³/mol. The molecule has 3 heterocycles. The van der Waals surface area contributed by atoms with E-state index in [0.717, 1.165) is 31.6 Å². The smallest absolute Gasteiger partial charge is 0.255 e. The molecule has 0 radical (unpaired) electrons. The highest BCUT2D eigenvalue weighted by Crippen LogP contribution is 2.30. The van der Waals surface area contributed by atoms with Crippen molar-refractivity contribution in [2.24, 2.45) is 0 Å². The summed E-state index contributed by atoms with van der Waals surface area (Å²) in [5, 5.41) is 2.86. The molecule has 27 heavy (non-hydrogen) atoms. The van der Waals surface area contributed by atoms with E-state index in [0.29, 0.717) is 31.3 Å². The Bertz CT molecular complexity index is 798. The zero-order valence-corrected chi connectivity index (χ0v) is 15.0. The Kier molecular flexibility index (Phi) is 5.15. The monoisotopic (exact) mass is 371 g/mol. The molecular weight excluding hydrogens is 349 g/mol. The Morgan fingerprint density at radius 3 is 2.70 bits per heavy atom. The van der Waals surface area contributed by atoms with Crippen LogP contribution in [-0.2, 0) is 9.53 Å². The Morgan fingerprint density at radius 1 is 1.15 bits per heavy atom. The summed E-state index contributed by atoms with van der Waals surface area (Å²) >= 11 is 0. The molecule has 1 aromatic carbocycles. The summed E-state index contributed by atoms with van der Waals surface area (Å²) < 4.78 is 19.4. The van der Waals surface area contributed by atoms with Crippen LogP contribution in [0.4, 0.5) is 21.7 Å². The highest BCUT2D eigenvalue weighted by molar-refractivity contribution is 5.97. The Labute approximate surface area is 157 Å². The number of aromatic nitrogens is 2. The molecule has 8 heteroatoms. The van der Waals surface area contributed by atoms with E-state index < -0.39 is 6.10 Å². The van der Waals surface area contributed by atoms with E-state index >= 15 is 0 Å². The first-order valence-corrected chi connectivity index (χ1v) is 9.19. The second-order valence-electron chi connectivity index (χ2n) is 6.70. The van der Waals surface area contributed by atoms with Gasteiger partial charge in [-0.3, -0.25) is 4.79 Å². The van der Waals surface area contributed by atoms with Crippen molar-refractivity contribution in [2.75, 3.05) is 47.9 Å². The topological polar surface area (TPSA) is 70.6 Å². The van der Waals surface area contributed by atoms with Gasteiger partial charge in [0, 0.05) is 32.0 Å². The lowest BCUT2D eigenvalue weighted by Gasteiger charge is -2.32. The number of hydrogen-bond acceptors (Lipinski definition) is 6. The van der Waals surface area contributed by atoms with Gasteiger partial charge in [-0.25, -0.2) is 14.4 Å². The lowest BCUT2D eigenvalue weighted by atomic mass is 10.2. The summed E-state index contributed by atoms with van der Waals surface area (Å²) in [6.07, 6.45) is 4.87. The van der Waals surface area contributed by atoms with Gasteiger partial charge in [-0.15, -0.1) is 0 Å². The molecule has 0 unspecified atom stereocenters. The number of rotatable bonds is 4. The number of benzene rings is 1. The highest BCUT2D eigenvalue weighted by Gasteiger charge is 2.29. The van der Waals surface area contributed by atoms with Gasteiger partial charge in [0.2, 0.25) is 5.95 Å². The van der Waals surface area contributed by atoms with E-state index in [1.807, 2.05) is 4.90 Å². The number of morpholine rings is 1. The van der Waals surface area contributed by atoms with Crippen LogP contribution in [0.25, 0.3) is 0 Å². The van der Waals surface area contributed by atoms with E-state index in [1.165, 1.54) is 12.1 Å². The summed E-state index contributed by atoms with van der Waals surface area (Å²) in [5.41, 5.74) is 1.33. The number of ether oxygens (including phenoxy) is 1. The lowest BCUT2D eigenvalue weighted by Crippen LogP contribution is -2.48. The fraction of sp³-hybridized carbons (Fsp3) is 0.421. The number of hydrogen-bond donors (Lipinski definition) is 1. The molecule has 0 aliphatic carbocycles. The minimum Gasteiger partial charge on any atom is -0.370 e. The molecular formula is C19H22FN5O2. The van der Waals surface area contributed by atoms with E-state index in [2.05, 4.69) is 20.2 Å². The third-order valence-corrected chi connectivity index (χ3v) is 4.86. The van der Waals surface area contributed by atoms with Crippen molar-refractivity contribution in [3.63, 3.8) is 0 Å². The maximum atomic E-state index is 13.8. The van der Waals surface area contributed by atoms with Crippen LogP contribution in [0.3, 0.4) is 0 Å². The molecule has 4 rings (SSSR count). The molecule has 1 N–H and O–H groups in total. The van der Waals surface area contributed by atoms with Gasteiger partial charge >= 0.3 is 0 Å². The van der Waals surface area contributed by atoms with E-state index in [1.54, 1.807) is 24.5 Å². The number of carbonyl (C=O) groups excluding carboxylic acids is 1. The maximum Gasteiger partial charge on any atom is 0.255 e. The fourth-order valence-corrected chi connectivity index (χ4v) is 3.50. The molecule has 2 aromatic rings. The summed E-state index contributed by atoms with van der Waals surface area (Å²) in [4.78, 5) is 25.3. The van der Waals surface area contributed by atoms with Gasteiger partial charge in [0.05, 0.1) is 24.5 Å². The van der Waals surface area contributed by atoms with Crippen LogP contribution in [0.1, 0.15) is 12.8 Å². The second-order valence-corrected chi connectivity index (χ2v) is 6.70. The molecule has 0 spiro atoms. The molecule has 2 fully saturated rings. The summed E-state index contributed by atoms with van der Waals surface area (Å²) in [6, 6.07) is 6.27. The van der Waals surface area contributed by atoms with Crippen LogP contribution in [0.15, 0.2) is 36.7 Å². The summed E-state index contributed by atoms with van der Waals surface area (Å²) in [5.74, 6) is -0.0964. The quantitative estimate of drug-likeness (QED) is 0.887.